The van der Waals surface area contributed by atoms with Crippen LogP contribution in [0.5, 0.6) is 0 Å². The molecule has 176 valence electrons. The van der Waals surface area contributed by atoms with Gasteiger partial charge in [0.15, 0.2) is 0 Å². The van der Waals surface area contributed by atoms with Gasteiger partial charge in [0.25, 0.3) is 15.9 Å². The largest absolute Gasteiger partial charge is 0.352 e. The first-order chi connectivity index (χ1) is 15.5. The van der Waals surface area contributed by atoms with Gasteiger partial charge in [0, 0.05) is 25.6 Å². The van der Waals surface area contributed by atoms with Crippen LogP contribution in [0.3, 0.4) is 0 Å². The highest BCUT2D eigenvalue weighted by atomic mass is 32.2. The maximum absolute atomic E-state index is 13.2. The molecule has 0 unspecified atom stereocenters. The molecule has 1 aliphatic rings. The van der Waals surface area contributed by atoms with Crippen LogP contribution >= 0.6 is 0 Å². The number of nitrogens with one attached hydrogen (secondary N) is 1. The normalized spacial score (nSPS) is 15.3. The highest BCUT2D eigenvalue weighted by molar-refractivity contribution is 7.90. The maximum atomic E-state index is 13.2. The van der Waals surface area contributed by atoms with Gasteiger partial charge in [-0.1, -0.05) is 42.0 Å². The fraction of sp³-hybridized carbons (Fsp3) is 0.375. The van der Waals surface area contributed by atoms with Gasteiger partial charge in [0.05, 0.1) is 5.56 Å². The first kappa shape index (κ1) is 24.4. The van der Waals surface area contributed by atoms with Crippen LogP contribution in [0.1, 0.15) is 48.7 Å². The number of benzene rings is 2. The number of hydrogen-bond acceptors (Lipinski definition) is 5. The van der Waals surface area contributed by atoms with Crippen LogP contribution < -0.4 is 5.32 Å². The number of hydrogen-bond donors (Lipinski definition) is 1. The zero-order valence-corrected chi connectivity index (χ0v) is 20.1. The number of nitrogens with zero attached hydrogens (tertiary/aromatic N) is 2. The molecule has 9 heteroatoms. The Kier molecular flexibility index (Phi) is 7.22. The van der Waals surface area contributed by atoms with Crippen LogP contribution in [0.25, 0.3) is 0 Å². The van der Waals surface area contributed by atoms with Gasteiger partial charge in [-0.2, -0.15) is 0 Å². The maximum Gasteiger partial charge on any atom is 0.269 e. The van der Waals surface area contributed by atoms with Gasteiger partial charge in [-0.05, 0) is 45.4 Å². The van der Waals surface area contributed by atoms with E-state index in [4.69, 9.17) is 0 Å². The molecular formula is C24H29N3O5S. The number of carbonyl (C=O) groups excluding carboxylic acids is 3. The molecule has 0 aliphatic carbocycles. The Morgan fingerprint density at radius 1 is 1.03 bits per heavy atom. The van der Waals surface area contributed by atoms with Crippen LogP contribution in [0.2, 0.25) is 0 Å². The Hall–Kier alpha value is -3.20. The summed E-state index contributed by atoms with van der Waals surface area (Å²) in [6.45, 7) is 7.15. The molecule has 2 aromatic carbocycles. The summed E-state index contributed by atoms with van der Waals surface area (Å²) in [5.41, 5.74) is 2.01. The lowest BCUT2D eigenvalue weighted by atomic mass is 10.1. The fourth-order valence-electron chi connectivity index (χ4n) is 3.67. The van der Waals surface area contributed by atoms with E-state index in [1.807, 2.05) is 45.0 Å². The van der Waals surface area contributed by atoms with Crippen LogP contribution in [-0.4, -0.2) is 54.0 Å². The predicted molar refractivity (Wildman–Crippen MR) is 124 cm³/mol. The van der Waals surface area contributed by atoms with E-state index < -0.39 is 27.9 Å². The van der Waals surface area contributed by atoms with E-state index in [2.05, 4.69) is 5.32 Å². The Balaban J connectivity index is 1.79. The first-order valence-electron chi connectivity index (χ1n) is 10.8. The smallest absolute Gasteiger partial charge is 0.269 e. The third-order valence-electron chi connectivity index (χ3n) is 5.51. The van der Waals surface area contributed by atoms with Crippen molar-refractivity contribution in [2.75, 3.05) is 6.54 Å². The van der Waals surface area contributed by atoms with Gasteiger partial charge < -0.3 is 10.2 Å². The molecule has 0 saturated heterocycles. The Bertz CT molecular complexity index is 1160. The van der Waals surface area contributed by atoms with Gasteiger partial charge in [0.2, 0.25) is 11.8 Å². The lowest BCUT2D eigenvalue weighted by Crippen LogP contribution is -2.49. The third kappa shape index (κ3) is 5.24. The zero-order chi connectivity index (χ0) is 24.3. The van der Waals surface area contributed by atoms with Crippen LogP contribution in [0, 0.1) is 6.92 Å². The molecule has 0 radical (unpaired) electrons. The van der Waals surface area contributed by atoms with Gasteiger partial charge in [-0.25, -0.2) is 12.7 Å². The highest BCUT2D eigenvalue weighted by Crippen LogP contribution is 2.30. The number of rotatable bonds is 8. The lowest BCUT2D eigenvalue weighted by molar-refractivity contribution is -0.140. The number of aryl methyl sites for hydroxylation is 1. The zero-order valence-electron chi connectivity index (χ0n) is 19.2. The topological polar surface area (TPSA) is 104 Å². The van der Waals surface area contributed by atoms with Crippen molar-refractivity contribution in [1.29, 1.82) is 0 Å². The molecule has 0 bridgehead atoms. The molecule has 2 aromatic rings. The summed E-state index contributed by atoms with van der Waals surface area (Å²) in [4.78, 5) is 39.9. The fourth-order valence-corrected chi connectivity index (χ4v) is 5.24. The summed E-state index contributed by atoms with van der Waals surface area (Å²) in [6, 6.07) is 12.7. The van der Waals surface area contributed by atoms with Crippen molar-refractivity contribution in [1.82, 2.24) is 14.5 Å². The quantitative estimate of drug-likeness (QED) is 0.637. The van der Waals surface area contributed by atoms with Gasteiger partial charge in [-0.3, -0.25) is 14.4 Å². The summed E-state index contributed by atoms with van der Waals surface area (Å²) < 4.78 is 26.3. The summed E-state index contributed by atoms with van der Waals surface area (Å²) in [6.07, 6.45) is -0.232. The monoisotopic (exact) mass is 471 g/mol. The second-order valence-electron chi connectivity index (χ2n) is 8.47. The highest BCUT2D eigenvalue weighted by Gasteiger charge is 2.41. The minimum absolute atomic E-state index is 0.0522. The standard InChI is InChI=1S/C24H29N3O5S/c1-16(2)25-23(29)18(4)26(15-19-11-9-17(3)10-12-19)22(28)13-14-27-24(30)20-7-5-6-8-21(20)33(27,31)32/h5-12,16,18H,13-15H2,1-4H3,(H,25,29)/t18-/m1/s1. The number of amides is 3. The summed E-state index contributed by atoms with van der Waals surface area (Å²) >= 11 is 0. The molecule has 0 aromatic heterocycles. The number of sulfonamides is 1. The van der Waals surface area contributed by atoms with E-state index in [9.17, 15) is 22.8 Å². The van der Waals surface area contributed by atoms with Crippen LogP contribution in [0.4, 0.5) is 0 Å². The molecule has 33 heavy (non-hydrogen) atoms. The second kappa shape index (κ2) is 9.74. The van der Waals surface area contributed by atoms with Gasteiger partial charge in [0.1, 0.15) is 10.9 Å². The molecule has 1 heterocycles. The summed E-state index contributed by atoms with van der Waals surface area (Å²) in [7, 11) is -4.00. The molecule has 3 amide bonds. The molecule has 1 atom stereocenters. The SMILES string of the molecule is Cc1ccc(CN(C(=O)CCN2C(=O)c3ccccc3S2(=O)=O)[C@H](C)C(=O)NC(C)C)cc1. The first-order valence-corrected chi connectivity index (χ1v) is 12.3. The van der Waals surface area contributed by atoms with Crippen LogP contribution in [0.15, 0.2) is 53.4 Å². The van der Waals surface area contributed by atoms with Gasteiger partial charge >= 0.3 is 0 Å². The number of carbonyl (C=O) groups is 3. The lowest BCUT2D eigenvalue weighted by Gasteiger charge is -2.30. The molecule has 1 N–H and O–H groups in total. The van der Waals surface area contributed by atoms with Crippen molar-refractivity contribution in [2.24, 2.45) is 0 Å². The number of fused-ring (bicyclic) bond motifs is 1. The van der Waals surface area contributed by atoms with Crippen molar-refractivity contribution in [2.45, 2.75) is 57.6 Å². The Morgan fingerprint density at radius 2 is 1.67 bits per heavy atom. The van der Waals surface area contributed by atoms with E-state index in [1.165, 1.54) is 17.0 Å². The molecule has 8 nitrogen and oxygen atoms in total. The molecule has 0 fully saturated rings. The molecule has 3 rings (SSSR count). The predicted octanol–water partition coefficient (Wildman–Crippen LogP) is 2.47. The Morgan fingerprint density at radius 3 is 2.27 bits per heavy atom. The van der Waals surface area contributed by atoms with Crippen molar-refractivity contribution < 1.29 is 22.8 Å². The average Bonchev–Trinajstić information content (AvgIpc) is 2.96. The summed E-state index contributed by atoms with van der Waals surface area (Å²) in [5.74, 6) is -1.36. The van der Waals surface area contributed by atoms with Crippen molar-refractivity contribution >= 4 is 27.7 Å². The minimum Gasteiger partial charge on any atom is -0.352 e. The van der Waals surface area contributed by atoms with Crippen LogP contribution in [-0.2, 0) is 26.2 Å². The Labute approximate surface area is 194 Å². The summed E-state index contributed by atoms with van der Waals surface area (Å²) in [5, 5.41) is 2.81. The third-order valence-corrected chi connectivity index (χ3v) is 7.35. The average molecular weight is 472 g/mol. The van der Waals surface area contributed by atoms with Crippen molar-refractivity contribution in [3.63, 3.8) is 0 Å². The van der Waals surface area contributed by atoms with Crippen molar-refractivity contribution in [3.05, 3.63) is 65.2 Å². The van der Waals surface area contributed by atoms with E-state index in [0.29, 0.717) is 0 Å². The second-order valence-corrected chi connectivity index (χ2v) is 10.3. The molecule has 0 spiro atoms. The van der Waals surface area contributed by atoms with E-state index in [-0.39, 0.29) is 41.9 Å². The minimum atomic E-state index is -4.00. The molecule has 0 saturated carbocycles. The van der Waals surface area contributed by atoms with E-state index in [0.717, 1.165) is 15.4 Å². The molecular weight excluding hydrogens is 442 g/mol. The van der Waals surface area contributed by atoms with Crippen molar-refractivity contribution in [3.8, 4) is 0 Å². The van der Waals surface area contributed by atoms with E-state index >= 15 is 0 Å². The van der Waals surface area contributed by atoms with Gasteiger partial charge in [-0.15, -0.1) is 0 Å². The molecule has 1 aliphatic heterocycles. The van der Waals surface area contributed by atoms with E-state index in [1.54, 1.807) is 19.1 Å².